The third kappa shape index (κ3) is 5.63. The summed E-state index contributed by atoms with van der Waals surface area (Å²) in [6.07, 6.45) is 1.53. The van der Waals surface area contributed by atoms with E-state index in [9.17, 15) is 14.4 Å². The number of carboxylic acid groups (broad SMARTS) is 1. The fourth-order valence-electron chi connectivity index (χ4n) is 2.52. The van der Waals surface area contributed by atoms with Gasteiger partial charge in [-0.05, 0) is 60.8 Å². The van der Waals surface area contributed by atoms with E-state index in [0.717, 1.165) is 16.8 Å². The standard InChI is InChI=1S/C20H15BrN2O6S2/c1-28-14-5-2-11(3-6-14)18(26)22-23-19(27)16(31-20(23)30)9-12-8-13(21)4-7-15(12)29-10-17(24)25/h2-9H,10H2,1H3,(H,22,26)(H,24,25)/b16-9+. The van der Waals surface area contributed by atoms with Crippen LogP contribution in [0.2, 0.25) is 0 Å². The molecule has 11 heteroatoms. The Morgan fingerprint density at radius 3 is 2.61 bits per heavy atom. The molecule has 1 heterocycles. The molecule has 2 N–H and O–H groups in total. The molecule has 0 aliphatic carbocycles. The van der Waals surface area contributed by atoms with Crippen LogP contribution in [0.15, 0.2) is 51.8 Å². The lowest BCUT2D eigenvalue weighted by Gasteiger charge is -2.15. The van der Waals surface area contributed by atoms with E-state index >= 15 is 0 Å². The van der Waals surface area contributed by atoms with Gasteiger partial charge in [-0.15, -0.1) is 0 Å². The molecule has 1 aliphatic rings. The van der Waals surface area contributed by atoms with Crippen molar-refractivity contribution in [2.24, 2.45) is 0 Å². The van der Waals surface area contributed by atoms with Gasteiger partial charge in [-0.25, -0.2) is 4.79 Å². The number of rotatable bonds is 7. The normalized spacial score (nSPS) is 14.6. The number of aliphatic carboxylic acids is 1. The Balaban J connectivity index is 1.79. The number of carbonyl (C=O) groups excluding carboxylic acids is 2. The molecule has 0 bridgehead atoms. The minimum atomic E-state index is -1.12. The molecule has 3 rings (SSSR count). The number of halogens is 1. The first-order valence-electron chi connectivity index (χ1n) is 8.65. The van der Waals surface area contributed by atoms with Crippen LogP contribution < -0.4 is 14.9 Å². The fraction of sp³-hybridized carbons (Fsp3) is 0.100. The van der Waals surface area contributed by atoms with Gasteiger partial charge in [0.1, 0.15) is 11.5 Å². The predicted octanol–water partition coefficient (Wildman–Crippen LogP) is 3.47. The second-order valence-corrected chi connectivity index (χ2v) is 8.64. The summed E-state index contributed by atoms with van der Waals surface area (Å²) < 4.78 is 11.2. The van der Waals surface area contributed by atoms with Gasteiger partial charge in [0.25, 0.3) is 11.8 Å². The largest absolute Gasteiger partial charge is 0.497 e. The molecule has 0 saturated carbocycles. The van der Waals surface area contributed by atoms with Crippen LogP contribution in [0, 0.1) is 0 Å². The minimum absolute atomic E-state index is 0.154. The molecule has 2 amide bonds. The number of nitrogens with one attached hydrogen (secondary N) is 1. The van der Waals surface area contributed by atoms with Crippen LogP contribution in [-0.2, 0) is 9.59 Å². The highest BCUT2D eigenvalue weighted by molar-refractivity contribution is 9.10. The van der Waals surface area contributed by atoms with Crippen molar-refractivity contribution in [2.75, 3.05) is 13.7 Å². The number of hydrogen-bond acceptors (Lipinski definition) is 7. The Labute approximate surface area is 195 Å². The van der Waals surface area contributed by atoms with E-state index in [1.807, 2.05) is 0 Å². The molecular formula is C20H15BrN2O6S2. The van der Waals surface area contributed by atoms with Crippen molar-refractivity contribution >= 4 is 68.1 Å². The van der Waals surface area contributed by atoms with Gasteiger partial charge in [0.15, 0.2) is 10.9 Å². The first-order chi connectivity index (χ1) is 14.8. The minimum Gasteiger partial charge on any atom is -0.497 e. The molecule has 2 aromatic rings. The molecule has 0 spiro atoms. The number of nitrogens with zero attached hydrogens (tertiary/aromatic N) is 1. The Morgan fingerprint density at radius 1 is 1.26 bits per heavy atom. The van der Waals surface area contributed by atoms with E-state index < -0.39 is 24.4 Å². The van der Waals surface area contributed by atoms with E-state index in [-0.39, 0.29) is 15.0 Å². The third-order valence-electron chi connectivity index (χ3n) is 3.97. The number of hydrazine groups is 1. The van der Waals surface area contributed by atoms with Gasteiger partial charge in [-0.1, -0.05) is 27.7 Å². The highest BCUT2D eigenvalue weighted by Gasteiger charge is 2.34. The summed E-state index contributed by atoms with van der Waals surface area (Å²) in [6.45, 7) is -0.526. The zero-order valence-electron chi connectivity index (χ0n) is 16.0. The third-order valence-corrected chi connectivity index (χ3v) is 5.76. The van der Waals surface area contributed by atoms with Crippen LogP contribution in [0.5, 0.6) is 11.5 Å². The average Bonchev–Trinajstić information content (AvgIpc) is 3.00. The SMILES string of the molecule is COc1ccc(C(=O)NN2C(=O)/C(=C\c3cc(Br)ccc3OCC(=O)O)SC2=S)cc1. The van der Waals surface area contributed by atoms with E-state index in [1.165, 1.54) is 13.2 Å². The highest BCUT2D eigenvalue weighted by atomic mass is 79.9. The molecule has 0 radical (unpaired) electrons. The van der Waals surface area contributed by atoms with Crippen molar-refractivity contribution in [1.29, 1.82) is 0 Å². The highest BCUT2D eigenvalue weighted by Crippen LogP contribution is 2.34. The summed E-state index contributed by atoms with van der Waals surface area (Å²) in [4.78, 5) is 36.4. The summed E-state index contributed by atoms with van der Waals surface area (Å²) in [5, 5.41) is 9.84. The molecule has 1 saturated heterocycles. The van der Waals surface area contributed by atoms with Gasteiger partial charge in [-0.2, -0.15) is 5.01 Å². The molecule has 160 valence electrons. The number of carbonyl (C=O) groups is 3. The van der Waals surface area contributed by atoms with Gasteiger partial charge in [0, 0.05) is 15.6 Å². The number of thiocarbonyl (C=S) groups is 1. The van der Waals surface area contributed by atoms with Crippen molar-refractivity contribution in [3.8, 4) is 11.5 Å². The summed E-state index contributed by atoms with van der Waals surface area (Å²) >= 11 is 9.58. The van der Waals surface area contributed by atoms with Crippen LogP contribution >= 0.6 is 39.9 Å². The maximum atomic E-state index is 12.8. The van der Waals surface area contributed by atoms with Gasteiger partial charge in [-0.3, -0.25) is 15.0 Å². The first-order valence-corrected chi connectivity index (χ1v) is 10.7. The van der Waals surface area contributed by atoms with Crippen LogP contribution in [-0.4, -0.2) is 45.9 Å². The summed E-state index contributed by atoms with van der Waals surface area (Å²) in [6, 6.07) is 11.3. The number of carboxylic acids is 1. The van der Waals surface area contributed by atoms with Crippen molar-refractivity contribution in [2.45, 2.75) is 0 Å². The van der Waals surface area contributed by atoms with Crippen LogP contribution in [0.3, 0.4) is 0 Å². The predicted molar refractivity (Wildman–Crippen MR) is 123 cm³/mol. The average molecular weight is 523 g/mol. The monoisotopic (exact) mass is 522 g/mol. The van der Waals surface area contributed by atoms with Gasteiger partial charge in [0.2, 0.25) is 0 Å². The van der Waals surface area contributed by atoms with Gasteiger partial charge >= 0.3 is 5.97 Å². The Kier molecular flexibility index (Phi) is 7.31. The van der Waals surface area contributed by atoms with E-state index in [0.29, 0.717) is 21.3 Å². The summed E-state index contributed by atoms with van der Waals surface area (Å²) in [5.74, 6) is -1.26. The van der Waals surface area contributed by atoms with Gasteiger partial charge < -0.3 is 14.6 Å². The van der Waals surface area contributed by atoms with Crippen molar-refractivity contribution < 1.29 is 29.0 Å². The lowest BCUT2D eigenvalue weighted by Crippen LogP contribution is -2.44. The van der Waals surface area contributed by atoms with Crippen molar-refractivity contribution in [3.63, 3.8) is 0 Å². The summed E-state index contributed by atoms with van der Waals surface area (Å²) in [7, 11) is 1.52. The number of methoxy groups -OCH3 is 1. The Hall–Kier alpha value is -2.89. The smallest absolute Gasteiger partial charge is 0.341 e. The zero-order valence-corrected chi connectivity index (χ0v) is 19.2. The second-order valence-electron chi connectivity index (χ2n) is 6.05. The quantitative estimate of drug-likeness (QED) is 0.420. The molecule has 1 aliphatic heterocycles. The van der Waals surface area contributed by atoms with Crippen molar-refractivity contribution in [1.82, 2.24) is 10.4 Å². The van der Waals surface area contributed by atoms with E-state index in [2.05, 4.69) is 21.4 Å². The number of benzene rings is 2. The maximum Gasteiger partial charge on any atom is 0.341 e. The molecule has 0 unspecified atom stereocenters. The number of amides is 2. The van der Waals surface area contributed by atoms with Crippen LogP contribution in [0.4, 0.5) is 0 Å². The molecule has 1 fully saturated rings. The van der Waals surface area contributed by atoms with E-state index in [1.54, 1.807) is 42.5 Å². The molecule has 0 aromatic heterocycles. The molecule has 31 heavy (non-hydrogen) atoms. The number of hydrogen-bond donors (Lipinski definition) is 2. The van der Waals surface area contributed by atoms with Crippen molar-refractivity contribution in [3.05, 3.63) is 63.0 Å². The maximum absolute atomic E-state index is 12.8. The first kappa shape index (κ1) is 22.8. The molecule has 0 atom stereocenters. The van der Waals surface area contributed by atoms with Crippen LogP contribution in [0.1, 0.15) is 15.9 Å². The Bertz CT molecular complexity index is 1090. The zero-order chi connectivity index (χ0) is 22.5. The fourth-order valence-corrected chi connectivity index (χ4v) is 4.07. The Morgan fingerprint density at radius 2 is 1.97 bits per heavy atom. The lowest BCUT2D eigenvalue weighted by atomic mass is 10.2. The number of ether oxygens (including phenoxy) is 2. The molecule has 2 aromatic carbocycles. The summed E-state index contributed by atoms with van der Waals surface area (Å²) in [5.41, 5.74) is 3.31. The van der Waals surface area contributed by atoms with Gasteiger partial charge in [0.05, 0.1) is 12.0 Å². The van der Waals surface area contributed by atoms with E-state index in [4.69, 9.17) is 26.8 Å². The number of thioether (sulfide) groups is 1. The second kappa shape index (κ2) is 9.94. The molecular weight excluding hydrogens is 508 g/mol. The lowest BCUT2D eigenvalue weighted by molar-refractivity contribution is -0.139. The van der Waals surface area contributed by atoms with Crippen LogP contribution in [0.25, 0.3) is 6.08 Å². The topological polar surface area (TPSA) is 105 Å². The molecule has 8 nitrogen and oxygen atoms in total.